The number of benzene rings is 1. The van der Waals surface area contributed by atoms with Gasteiger partial charge in [0.15, 0.2) is 0 Å². The molecular weight excluding hydrogens is 190 g/mol. The normalized spacial score (nSPS) is 10.5. The van der Waals surface area contributed by atoms with E-state index in [1.54, 1.807) is 6.07 Å². The summed E-state index contributed by atoms with van der Waals surface area (Å²) in [6.45, 7) is 7.49. The van der Waals surface area contributed by atoms with Gasteiger partial charge >= 0.3 is 5.97 Å². The minimum Gasteiger partial charge on any atom is -0.459 e. The van der Waals surface area contributed by atoms with Crippen molar-refractivity contribution in [2.75, 3.05) is 5.73 Å². The Hall–Kier alpha value is -1.51. The van der Waals surface area contributed by atoms with Gasteiger partial charge < -0.3 is 10.5 Å². The number of ether oxygens (including phenoxy) is 1. The molecule has 1 aromatic carbocycles. The lowest BCUT2D eigenvalue weighted by Crippen LogP contribution is -2.14. The second kappa shape index (κ2) is 4.34. The van der Waals surface area contributed by atoms with Crippen LogP contribution >= 0.6 is 0 Å². The van der Waals surface area contributed by atoms with Crippen LogP contribution in [0.2, 0.25) is 0 Å². The van der Waals surface area contributed by atoms with Crippen LogP contribution in [0.25, 0.3) is 0 Å². The molecule has 3 nitrogen and oxygen atoms in total. The summed E-state index contributed by atoms with van der Waals surface area (Å²) in [6.07, 6.45) is -0.126. The van der Waals surface area contributed by atoms with Crippen LogP contribution in [0.15, 0.2) is 12.1 Å². The lowest BCUT2D eigenvalue weighted by Gasteiger charge is -2.12. The van der Waals surface area contributed by atoms with Crippen molar-refractivity contribution in [3.8, 4) is 0 Å². The summed E-state index contributed by atoms with van der Waals surface area (Å²) in [4.78, 5) is 11.6. The number of aryl methyl sites for hydroxylation is 1. The van der Waals surface area contributed by atoms with Gasteiger partial charge in [0.2, 0.25) is 0 Å². The number of nitrogens with two attached hydrogens (primary N) is 1. The molecule has 0 unspecified atom stereocenters. The molecular formula is C12H17NO2. The Morgan fingerprint density at radius 3 is 2.47 bits per heavy atom. The van der Waals surface area contributed by atoms with Crippen molar-refractivity contribution in [2.45, 2.75) is 33.8 Å². The van der Waals surface area contributed by atoms with Gasteiger partial charge in [0.05, 0.1) is 11.7 Å². The van der Waals surface area contributed by atoms with Gasteiger partial charge in [-0.2, -0.15) is 0 Å². The first-order valence-corrected chi connectivity index (χ1v) is 5.00. The smallest absolute Gasteiger partial charge is 0.340 e. The minimum atomic E-state index is -0.356. The number of esters is 1. The average Bonchev–Trinajstić information content (AvgIpc) is 2.13. The summed E-state index contributed by atoms with van der Waals surface area (Å²) in [5.74, 6) is -0.356. The molecule has 0 fully saturated rings. The number of nitrogen functional groups attached to an aromatic ring is 1. The number of hydrogen-bond donors (Lipinski definition) is 1. The quantitative estimate of drug-likeness (QED) is 0.598. The summed E-state index contributed by atoms with van der Waals surface area (Å²) in [5.41, 5.74) is 8.84. The van der Waals surface area contributed by atoms with Crippen LogP contribution in [0.1, 0.15) is 35.3 Å². The van der Waals surface area contributed by atoms with Gasteiger partial charge in [-0.05, 0) is 44.9 Å². The molecule has 0 saturated heterocycles. The van der Waals surface area contributed by atoms with E-state index in [0.717, 1.165) is 11.1 Å². The van der Waals surface area contributed by atoms with E-state index in [4.69, 9.17) is 10.5 Å². The molecule has 0 aromatic heterocycles. The van der Waals surface area contributed by atoms with E-state index in [1.807, 2.05) is 33.8 Å². The molecule has 0 aliphatic rings. The lowest BCUT2D eigenvalue weighted by molar-refractivity contribution is 0.0379. The molecule has 0 bridgehead atoms. The zero-order valence-electron chi connectivity index (χ0n) is 9.63. The predicted octanol–water partition coefficient (Wildman–Crippen LogP) is 2.45. The zero-order valence-corrected chi connectivity index (χ0v) is 9.63. The maximum atomic E-state index is 11.6. The van der Waals surface area contributed by atoms with Crippen molar-refractivity contribution in [3.05, 3.63) is 28.8 Å². The zero-order chi connectivity index (χ0) is 11.6. The fourth-order valence-corrected chi connectivity index (χ4v) is 1.29. The Balaban J connectivity index is 3.06. The average molecular weight is 207 g/mol. The Morgan fingerprint density at radius 2 is 1.93 bits per heavy atom. The Bertz CT molecular complexity index is 383. The number of anilines is 1. The Morgan fingerprint density at radius 1 is 1.33 bits per heavy atom. The lowest BCUT2D eigenvalue weighted by atomic mass is 10.0. The molecule has 0 saturated carbocycles. The third-order valence-corrected chi connectivity index (χ3v) is 2.35. The van der Waals surface area contributed by atoms with E-state index in [0.29, 0.717) is 11.3 Å². The second-order valence-corrected chi connectivity index (χ2v) is 3.92. The summed E-state index contributed by atoms with van der Waals surface area (Å²) < 4.78 is 5.09. The molecule has 0 radical (unpaired) electrons. The maximum Gasteiger partial charge on any atom is 0.340 e. The number of carbonyl (C=O) groups excluding carboxylic acids is 1. The van der Waals surface area contributed by atoms with Crippen LogP contribution in [0.4, 0.5) is 5.69 Å². The van der Waals surface area contributed by atoms with Crippen LogP contribution in [0.5, 0.6) is 0 Å². The van der Waals surface area contributed by atoms with Crippen molar-refractivity contribution >= 4 is 11.7 Å². The van der Waals surface area contributed by atoms with E-state index in [-0.39, 0.29) is 12.1 Å². The Kier molecular flexibility index (Phi) is 3.35. The summed E-state index contributed by atoms with van der Waals surface area (Å²) in [6, 6.07) is 3.59. The SMILES string of the molecule is Cc1ccc(C(=O)OC(C)C)c(N)c1C. The first kappa shape index (κ1) is 11.6. The van der Waals surface area contributed by atoms with Crippen molar-refractivity contribution in [1.82, 2.24) is 0 Å². The van der Waals surface area contributed by atoms with E-state index in [1.165, 1.54) is 0 Å². The molecule has 0 aliphatic heterocycles. The topological polar surface area (TPSA) is 52.3 Å². The van der Waals surface area contributed by atoms with Crippen molar-refractivity contribution in [3.63, 3.8) is 0 Å². The molecule has 0 spiro atoms. The largest absolute Gasteiger partial charge is 0.459 e. The molecule has 1 rings (SSSR count). The van der Waals surface area contributed by atoms with Crippen molar-refractivity contribution < 1.29 is 9.53 Å². The van der Waals surface area contributed by atoms with E-state index >= 15 is 0 Å². The third kappa shape index (κ3) is 2.49. The summed E-state index contributed by atoms with van der Waals surface area (Å²) in [5, 5.41) is 0. The van der Waals surface area contributed by atoms with Crippen LogP contribution < -0.4 is 5.73 Å². The molecule has 0 amide bonds. The van der Waals surface area contributed by atoms with Crippen LogP contribution in [0.3, 0.4) is 0 Å². The van der Waals surface area contributed by atoms with Crippen LogP contribution in [-0.4, -0.2) is 12.1 Å². The maximum absolute atomic E-state index is 11.6. The van der Waals surface area contributed by atoms with Crippen LogP contribution in [-0.2, 0) is 4.74 Å². The number of carbonyl (C=O) groups is 1. The fraction of sp³-hybridized carbons (Fsp3) is 0.417. The van der Waals surface area contributed by atoms with E-state index in [9.17, 15) is 4.79 Å². The van der Waals surface area contributed by atoms with Crippen molar-refractivity contribution in [1.29, 1.82) is 0 Å². The highest BCUT2D eigenvalue weighted by Crippen LogP contribution is 2.21. The molecule has 3 heteroatoms. The van der Waals surface area contributed by atoms with Gasteiger partial charge in [0.25, 0.3) is 0 Å². The van der Waals surface area contributed by atoms with E-state index in [2.05, 4.69) is 0 Å². The third-order valence-electron chi connectivity index (χ3n) is 2.35. The fourth-order valence-electron chi connectivity index (χ4n) is 1.29. The summed E-state index contributed by atoms with van der Waals surface area (Å²) in [7, 11) is 0. The van der Waals surface area contributed by atoms with Gasteiger partial charge in [-0.15, -0.1) is 0 Å². The minimum absolute atomic E-state index is 0.126. The number of hydrogen-bond acceptors (Lipinski definition) is 3. The number of rotatable bonds is 2. The molecule has 0 atom stereocenters. The molecule has 0 heterocycles. The molecule has 2 N–H and O–H groups in total. The standard InChI is InChI=1S/C12H17NO2/c1-7(2)15-12(14)10-6-5-8(3)9(4)11(10)13/h5-7H,13H2,1-4H3. The Labute approximate surface area is 90.2 Å². The molecule has 0 aliphatic carbocycles. The van der Waals surface area contributed by atoms with Gasteiger partial charge in [-0.25, -0.2) is 4.79 Å². The first-order valence-electron chi connectivity index (χ1n) is 5.00. The summed E-state index contributed by atoms with van der Waals surface area (Å²) >= 11 is 0. The van der Waals surface area contributed by atoms with Gasteiger partial charge in [0.1, 0.15) is 0 Å². The van der Waals surface area contributed by atoms with Gasteiger partial charge in [-0.1, -0.05) is 6.07 Å². The first-order chi connectivity index (χ1) is 6.93. The molecule has 1 aromatic rings. The van der Waals surface area contributed by atoms with Gasteiger partial charge in [0, 0.05) is 5.69 Å². The van der Waals surface area contributed by atoms with E-state index < -0.39 is 0 Å². The highest BCUT2D eigenvalue weighted by Gasteiger charge is 2.14. The predicted molar refractivity (Wildman–Crippen MR) is 60.9 cm³/mol. The molecule has 82 valence electrons. The monoisotopic (exact) mass is 207 g/mol. The second-order valence-electron chi connectivity index (χ2n) is 3.92. The highest BCUT2D eigenvalue weighted by atomic mass is 16.5. The van der Waals surface area contributed by atoms with Crippen LogP contribution in [0, 0.1) is 13.8 Å². The molecule has 15 heavy (non-hydrogen) atoms. The van der Waals surface area contributed by atoms with Gasteiger partial charge in [-0.3, -0.25) is 0 Å². The highest BCUT2D eigenvalue weighted by molar-refractivity contribution is 5.96. The van der Waals surface area contributed by atoms with Crippen molar-refractivity contribution in [2.24, 2.45) is 0 Å².